The Morgan fingerprint density at radius 1 is 0.531 bits per heavy atom. The van der Waals surface area contributed by atoms with Crippen molar-refractivity contribution in [3.8, 4) is 16.8 Å². The van der Waals surface area contributed by atoms with Crippen LogP contribution < -0.4 is 0 Å². The lowest BCUT2D eigenvalue weighted by molar-refractivity contribution is 0.401. The minimum atomic E-state index is 0.688. The van der Waals surface area contributed by atoms with Crippen LogP contribution in [0.25, 0.3) is 82.2 Å². The molecule has 0 aliphatic rings. The number of aromatic nitrogens is 3. The lowest BCUT2D eigenvalue weighted by Crippen LogP contribution is -2.10. The smallest absolute Gasteiger partial charge is 0.0541 e. The average molecular weight is 638 g/mol. The van der Waals surface area contributed by atoms with Gasteiger partial charge in [0.15, 0.2) is 0 Å². The van der Waals surface area contributed by atoms with Gasteiger partial charge < -0.3 is 13.7 Å². The van der Waals surface area contributed by atoms with Crippen molar-refractivity contribution in [2.24, 2.45) is 13.0 Å². The number of aryl methyl sites for hydroxylation is 2. The van der Waals surface area contributed by atoms with Crippen LogP contribution in [0.2, 0.25) is 0 Å². The maximum atomic E-state index is 2.60. The van der Waals surface area contributed by atoms with Crippen molar-refractivity contribution >= 4 is 65.4 Å². The molecule has 0 radical (unpaired) electrons. The fourth-order valence-corrected chi connectivity index (χ4v) is 8.50. The molecule has 9 aromatic rings. The maximum Gasteiger partial charge on any atom is 0.0541 e. The van der Waals surface area contributed by atoms with E-state index in [4.69, 9.17) is 0 Å². The average Bonchev–Trinajstić information content (AvgIpc) is 3.74. The summed E-state index contributed by atoms with van der Waals surface area (Å²) in [7, 11) is 2.16. The third-order valence-electron chi connectivity index (χ3n) is 11.2. The fraction of sp³-hybridized carbons (Fsp3) is 0.217. The summed E-state index contributed by atoms with van der Waals surface area (Å²) in [5.74, 6) is 0.688. The summed E-state index contributed by atoms with van der Waals surface area (Å²) in [6.45, 7) is 7.94. The Bertz CT molecular complexity index is 2700. The highest BCUT2D eigenvalue weighted by atomic mass is 15.0. The predicted octanol–water partition coefficient (Wildman–Crippen LogP) is 12.7. The highest BCUT2D eigenvalue weighted by molar-refractivity contribution is 6.13. The van der Waals surface area contributed by atoms with E-state index in [0.29, 0.717) is 5.92 Å². The molecule has 49 heavy (non-hydrogen) atoms. The Kier molecular flexibility index (Phi) is 7.12. The van der Waals surface area contributed by atoms with Gasteiger partial charge in [-0.1, -0.05) is 93.3 Å². The molecule has 0 bridgehead atoms. The van der Waals surface area contributed by atoms with Crippen molar-refractivity contribution in [3.05, 3.63) is 127 Å². The largest absolute Gasteiger partial charge is 0.344 e. The van der Waals surface area contributed by atoms with Crippen LogP contribution in [0, 0.1) is 12.8 Å². The number of hydrogen-bond donors (Lipinski definition) is 0. The van der Waals surface area contributed by atoms with E-state index < -0.39 is 0 Å². The van der Waals surface area contributed by atoms with E-state index in [9.17, 15) is 0 Å². The summed E-state index contributed by atoms with van der Waals surface area (Å²) in [5.41, 5.74) is 12.7. The lowest BCUT2D eigenvalue weighted by Gasteiger charge is -2.17. The predicted molar refractivity (Wildman–Crippen MR) is 211 cm³/mol. The quantitative estimate of drug-likeness (QED) is 0.157. The minimum Gasteiger partial charge on any atom is -0.344 e. The van der Waals surface area contributed by atoms with Gasteiger partial charge in [-0.05, 0) is 97.1 Å². The van der Waals surface area contributed by atoms with Crippen LogP contribution in [0.1, 0.15) is 45.1 Å². The highest BCUT2D eigenvalue weighted by Gasteiger charge is 2.18. The summed E-state index contributed by atoms with van der Waals surface area (Å²) >= 11 is 0. The topological polar surface area (TPSA) is 14.8 Å². The molecule has 0 amide bonds. The van der Waals surface area contributed by atoms with Crippen LogP contribution in [0.15, 0.2) is 121 Å². The third-order valence-corrected chi connectivity index (χ3v) is 11.2. The van der Waals surface area contributed by atoms with Crippen LogP contribution in [0.4, 0.5) is 0 Å². The van der Waals surface area contributed by atoms with Gasteiger partial charge in [-0.15, -0.1) is 0 Å². The first kappa shape index (κ1) is 29.8. The number of unbranched alkanes of at least 4 members (excludes halogenated alkanes) is 1. The fourth-order valence-electron chi connectivity index (χ4n) is 8.50. The van der Waals surface area contributed by atoms with Crippen molar-refractivity contribution in [2.75, 3.05) is 0 Å². The molecule has 6 aromatic carbocycles. The zero-order valence-electron chi connectivity index (χ0n) is 29.0. The molecule has 3 heteroatoms. The molecule has 0 saturated carbocycles. The van der Waals surface area contributed by atoms with Crippen LogP contribution in [-0.2, 0) is 13.6 Å². The van der Waals surface area contributed by atoms with E-state index in [1.165, 1.54) is 113 Å². The summed E-state index contributed by atoms with van der Waals surface area (Å²) < 4.78 is 7.37. The van der Waals surface area contributed by atoms with Crippen LogP contribution >= 0.6 is 0 Å². The second kappa shape index (κ2) is 11.7. The zero-order chi connectivity index (χ0) is 33.2. The molecule has 0 N–H and O–H groups in total. The normalized spacial score (nSPS) is 12.8. The number of hydrogen-bond acceptors (Lipinski definition) is 0. The first-order chi connectivity index (χ1) is 24.0. The Morgan fingerprint density at radius 3 is 1.82 bits per heavy atom. The zero-order valence-corrected chi connectivity index (χ0v) is 29.0. The van der Waals surface area contributed by atoms with Gasteiger partial charge >= 0.3 is 0 Å². The van der Waals surface area contributed by atoms with Gasteiger partial charge in [-0.2, -0.15) is 0 Å². The molecule has 3 aromatic heterocycles. The van der Waals surface area contributed by atoms with Gasteiger partial charge in [0.25, 0.3) is 0 Å². The van der Waals surface area contributed by atoms with Crippen LogP contribution in [0.5, 0.6) is 0 Å². The second-order valence-electron chi connectivity index (χ2n) is 14.1. The molecule has 0 aliphatic carbocycles. The van der Waals surface area contributed by atoms with Crippen molar-refractivity contribution in [1.82, 2.24) is 13.7 Å². The molecule has 0 aliphatic heterocycles. The monoisotopic (exact) mass is 637 g/mol. The number of rotatable bonds is 8. The summed E-state index contributed by atoms with van der Waals surface area (Å²) in [4.78, 5) is 0. The summed E-state index contributed by atoms with van der Waals surface area (Å²) in [6, 6.07) is 45.7. The van der Waals surface area contributed by atoms with E-state index in [2.05, 4.69) is 163 Å². The van der Waals surface area contributed by atoms with Gasteiger partial charge in [0.1, 0.15) is 0 Å². The second-order valence-corrected chi connectivity index (χ2v) is 14.1. The first-order valence-electron chi connectivity index (χ1n) is 18.1. The number of benzene rings is 6. The molecule has 0 fully saturated rings. The van der Waals surface area contributed by atoms with Crippen molar-refractivity contribution in [2.45, 2.75) is 53.0 Å². The van der Waals surface area contributed by atoms with Crippen molar-refractivity contribution in [3.63, 3.8) is 0 Å². The van der Waals surface area contributed by atoms with Gasteiger partial charge in [0.2, 0.25) is 0 Å². The Hall–Kier alpha value is -5.28. The van der Waals surface area contributed by atoms with Gasteiger partial charge in [-0.25, -0.2) is 0 Å². The Labute approximate surface area is 288 Å². The highest BCUT2D eigenvalue weighted by Crippen LogP contribution is 2.39. The number of para-hydroxylation sites is 2. The Morgan fingerprint density at radius 2 is 1.08 bits per heavy atom. The molecule has 3 nitrogen and oxygen atoms in total. The SMILES string of the molecule is CCCCC(CC)Cn1c2ccc(C)cc2c2cc(-n3c4ccccc4c4cc(-c5ccc6c(c5)c5ccccc5n6C)ccc43)ccc21. The Balaban J connectivity index is 1.21. The van der Waals surface area contributed by atoms with E-state index in [1.807, 2.05) is 0 Å². The molecular weight excluding hydrogens is 595 g/mol. The molecule has 0 spiro atoms. The summed E-state index contributed by atoms with van der Waals surface area (Å²) in [6.07, 6.45) is 5.06. The third kappa shape index (κ3) is 4.70. The maximum absolute atomic E-state index is 2.60. The van der Waals surface area contributed by atoms with Crippen LogP contribution in [-0.4, -0.2) is 13.7 Å². The first-order valence-corrected chi connectivity index (χ1v) is 18.1. The van der Waals surface area contributed by atoms with Crippen molar-refractivity contribution < 1.29 is 0 Å². The van der Waals surface area contributed by atoms with Gasteiger partial charge in [0.05, 0.1) is 11.0 Å². The number of nitrogens with zero attached hydrogens (tertiary/aromatic N) is 3. The molecular formula is C46H43N3. The molecule has 1 atom stereocenters. The van der Waals surface area contributed by atoms with E-state index in [1.54, 1.807) is 0 Å². The minimum absolute atomic E-state index is 0.688. The van der Waals surface area contributed by atoms with Gasteiger partial charge in [0, 0.05) is 73.7 Å². The van der Waals surface area contributed by atoms with E-state index in [-0.39, 0.29) is 0 Å². The van der Waals surface area contributed by atoms with Gasteiger partial charge in [-0.3, -0.25) is 0 Å². The van der Waals surface area contributed by atoms with Crippen molar-refractivity contribution in [1.29, 1.82) is 0 Å². The summed E-state index contributed by atoms with van der Waals surface area (Å²) in [5, 5.41) is 7.87. The van der Waals surface area contributed by atoms with E-state index >= 15 is 0 Å². The van der Waals surface area contributed by atoms with Crippen LogP contribution in [0.3, 0.4) is 0 Å². The molecule has 242 valence electrons. The molecule has 3 heterocycles. The standard InChI is InChI=1S/C46H43N3/c1-5-7-12-31(6-2)29-48-43-21-17-30(3)25-37(43)40-28-34(20-24-44(40)48)49-45-16-11-9-14-36(45)39-27-33(19-23-46(39)49)32-18-22-42-38(26-32)35-13-8-10-15-41(35)47(42)4/h8-11,13-28,31H,5-7,12,29H2,1-4H3. The number of fused-ring (bicyclic) bond motifs is 9. The molecule has 0 saturated heterocycles. The molecule has 9 rings (SSSR count). The molecule has 1 unspecified atom stereocenters. The lowest BCUT2D eigenvalue weighted by atomic mass is 9.99. The van der Waals surface area contributed by atoms with E-state index in [0.717, 1.165) is 6.54 Å².